The zero-order chi connectivity index (χ0) is 13.0. The molecule has 0 bridgehead atoms. The Morgan fingerprint density at radius 2 is 2.33 bits per heavy atom. The maximum Gasteiger partial charge on any atom is 0.276 e. The summed E-state index contributed by atoms with van der Waals surface area (Å²) in [6.07, 6.45) is 1.46. The van der Waals surface area contributed by atoms with E-state index in [0.29, 0.717) is 22.4 Å². The monoisotopic (exact) mass is 283 g/mol. The van der Waals surface area contributed by atoms with Crippen molar-refractivity contribution in [3.05, 3.63) is 29.0 Å². The van der Waals surface area contributed by atoms with Gasteiger partial charge in [0.05, 0.1) is 11.2 Å². The SMILES string of the molecule is CCNc1ccc(Cl)c(C(=O)Nc2cnns2)n1. The van der Waals surface area contributed by atoms with Crippen LogP contribution in [0, 0.1) is 0 Å². The van der Waals surface area contributed by atoms with Crippen molar-refractivity contribution in [1.29, 1.82) is 0 Å². The van der Waals surface area contributed by atoms with E-state index in [2.05, 4.69) is 25.2 Å². The first-order chi connectivity index (χ1) is 8.70. The minimum Gasteiger partial charge on any atom is -0.370 e. The highest BCUT2D eigenvalue weighted by atomic mass is 35.5. The number of hydrogen-bond acceptors (Lipinski definition) is 6. The maximum absolute atomic E-state index is 12.0. The van der Waals surface area contributed by atoms with Gasteiger partial charge in [-0.3, -0.25) is 4.79 Å². The molecule has 2 aromatic heterocycles. The van der Waals surface area contributed by atoms with E-state index in [0.717, 1.165) is 11.5 Å². The van der Waals surface area contributed by atoms with Crippen LogP contribution in [0.1, 0.15) is 17.4 Å². The molecule has 94 valence electrons. The van der Waals surface area contributed by atoms with Gasteiger partial charge < -0.3 is 10.6 Å². The molecule has 18 heavy (non-hydrogen) atoms. The molecule has 1 amide bonds. The normalized spacial score (nSPS) is 10.1. The summed E-state index contributed by atoms with van der Waals surface area (Å²) in [5, 5.41) is 10.1. The second-order valence-electron chi connectivity index (χ2n) is 3.29. The first-order valence-electron chi connectivity index (χ1n) is 5.20. The van der Waals surface area contributed by atoms with Gasteiger partial charge in [0.2, 0.25) is 0 Å². The zero-order valence-electron chi connectivity index (χ0n) is 9.48. The number of hydrogen-bond donors (Lipinski definition) is 2. The van der Waals surface area contributed by atoms with Gasteiger partial charge in [0.15, 0.2) is 0 Å². The Morgan fingerprint density at radius 3 is 3.00 bits per heavy atom. The lowest BCUT2D eigenvalue weighted by Crippen LogP contribution is -2.14. The van der Waals surface area contributed by atoms with Crippen LogP contribution in [0.25, 0.3) is 0 Å². The van der Waals surface area contributed by atoms with Crippen molar-refractivity contribution < 1.29 is 4.79 Å². The molecule has 0 aromatic carbocycles. The minimum atomic E-state index is -0.384. The first-order valence-corrected chi connectivity index (χ1v) is 6.35. The largest absolute Gasteiger partial charge is 0.370 e. The van der Waals surface area contributed by atoms with Crippen molar-refractivity contribution >= 4 is 39.9 Å². The van der Waals surface area contributed by atoms with Crippen LogP contribution in [0.4, 0.5) is 10.8 Å². The van der Waals surface area contributed by atoms with Gasteiger partial charge >= 0.3 is 0 Å². The third-order valence-corrected chi connectivity index (χ3v) is 2.90. The van der Waals surface area contributed by atoms with Crippen LogP contribution in [0.2, 0.25) is 5.02 Å². The number of aromatic nitrogens is 3. The Balaban J connectivity index is 2.20. The molecule has 2 heterocycles. The maximum atomic E-state index is 12.0. The first kappa shape index (κ1) is 12.7. The number of pyridine rings is 1. The smallest absolute Gasteiger partial charge is 0.276 e. The molecule has 0 unspecified atom stereocenters. The summed E-state index contributed by atoms with van der Waals surface area (Å²) in [5.41, 5.74) is 0.170. The van der Waals surface area contributed by atoms with Crippen LogP contribution in [-0.2, 0) is 0 Å². The molecule has 0 aliphatic heterocycles. The van der Waals surface area contributed by atoms with Gasteiger partial charge in [-0.1, -0.05) is 16.1 Å². The zero-order valence-corrected chi connectivity index (χ0v) is 11.0. The standard InChI is InChI=1S/C10H10ClN5OS/c1-2-12-7-4-3-6(11)9(14-7)10(17)15-8-5-13-16-18-8/h3-5H,2H2,1H3,(H,12,14)(H,15,17). The molecule has 0 saturated heterocycles. The summed E-state index contributed by atoms with van der Waals surface area (Å²) in [6.45, 7) is 2.66. The van der Waals surface area contributed by atoms with E-state index < -0.39 is 0 Å². The van der Waals surface area contributed by atoms with Gasteiger partial charge in [-0.2, -0.15) is 0 Å². The topological polar surface area (TPSA) is 79.8 Å². The number of nitrogens with zero attached hydrogens (tertiary/aromatic N) is 3. The molecule has 8 heteroatoms. The molecule has 0 aliphatic carbocycles. The Bertz CT molecular complexity index is 545. The minimum absolute atomic E-state index is 0.170. The Hall–Kier alpha value is -1.73. The van der Waals surface area contributed by atoms with Gasteiger partial charge in [0.1, 0.15) is 16.5 Å². The lowest BCUT2D eigenvalue weighted by atomic mass is 10.3. The van der Waals surface area contributed by atoms with E-state index in [1.807, 2.05) is 6.92 Å². The van der Waals surface area contributed by atoms with Crippen molar-refractivity contribution in [3.63, 3.8) is 0 Å². The van der Waals surface area contributed by atoms with Crippen LogP contribution in [-0.4, -0.2) is 27.0 Å². The van der Waals surface area contributed by atoms with E-state index in [1.54, 1.807) is 12.1 Å². The van der Waals surface area contributed by atoms with Crippen molar-refractivity contribution in [2.24, 2.45) is 0 Å². The average Bonchev–Trinajstić information content (AvgIpc) is 2.84. The van der Waals surface area contributed by atoms with Crippen LogP contribution < -0.4 is 10.6 Å². The van der Waals surface area contributed by atoms with Gasteiger partial charge in [-0.25, -0.2) is 4.98 Å². The molecule has 6 nitrogen and oxygen atoms in total. The van der Waals surface area contributed by atoms with Gasteiger partial charge in [0, 0.05) is 18.1 Å². The van der Waals surface area contributed by atoms with Crippen LogP contribution in [0.3, 0.4) is 0 Å². The molecule has 0 aliphatic rings. The van der Waals surface area contributed by atoms with Crippen molar-refractivity contribution in [2.75, 3.05) is 17.2 Å². The van der Waals surface area contributed by atoms with Gasteiger partial charge in [0.25, 0.3) is 5.91 Å². The Kier molecular flexibility index (Phi) is 4.06. The molecule has 0 spiro atoms. The molecular weight excluding hydrogens is 274 g/mol. The average molecular weight is 284 g/mol. The summed E-state index contributed by atoms with van der Waals surface area (Å²) in [5.74, 6) is 0.222. The number of nitrogens with one attached hydrogen (secondary N) is 2. The number of carbonyl (C=O) groups excluding carboxylic acids is 1. The fourth-order valence-corrected chi connectivity index (χ4v) is 1.88. The molecule has 0 saturated carbocycles. The summed E-state index contributed by atoms with van der Waals surface area (Å²) in [6, 6.07) is 3.35. The fourth-order valence-electron chi connectivity index (χ4n) is 1.27. The summed E-state index contributed by atoms with van der Waals surface area (Å²) in [4.78, 5) is 16.1. The number of amides is 1. The van der Waals surface area contributed by atoms with Crippen molar-refractivity contribution in [2.45, 2.75) is 6.92 Å². The summed E-state index contributed by atoms with van der Waals surface area (Å²) in [7, 11) is 0. The lowest BCUT2D eigenvalue weighted by Gasteiger charge is -2.07. The molecule has 0 atom stereocenters. The molecule has 2 rings (SSSR count). The third kappa shape index (κ3) is 2.93. The van der Waals surface area contributed by atoms with E-state index in [9.17, 15) is 4.79 Å². The Labute approximate surface area is 113 Å². The highest BCUT2D eigenvalue weighted by Crippen LogP contribution is 2.19. The lowest BCUT2D eigenvalue weighted by molar-refractivity contribution is 0.102. The van der Waals surface area contributed by atoms with Crippen LogP contribution in [0.5, 0.6) is 0 Å². The Morgan fingerprint density at radius 1 is 1.50 bits per heavy atom. The van der Waals surface area contributed by atoms with Crippen molar-refractivity contribution in [1.82, 2.24) is 14.6 Å². The number of carbonyl (C=O) groups is 1. The second kappa shape index (κ2) is 5.74. The molecule has 2 aromatic rings. The summed E-state index contributed by atoms with van der Waals surface area (Å²) >= 11 is 7.04. The van der Waals surface area contributed by atoms with Crippen molar-refractivity contribution in [3.8, 4) is 0 Å². The quantitative estimate of drug-likeness (QED) is 0.900. The highest BCUT2D eigenvalue weighted by molar-refractivity contribution is 7.10. The summed E-state index contributed by atoms with van der Waals surface area (Å²) < 4.78 is 3.65. The van der Waals surface area contributed by atoms with E-state index in [4.69, 9.17) is 11.6 Å². The number of rotatable bonds is 4. The second-order valence-corrected chi connectivity index (χ2v) is 4.49. The number of halogens is 1. The molecule has 2 N–H and O–H groups in total. The number of anilines is 2. The predicted octanol–water partition coefficient (Wildman–Crippen LogP) is 2.27. The van der Waals surface area contributed by atoms with E-state index in [1.165, 1.54) is 6.20 Å². The molecular formula is C10H10ClN5OS. The van der Waals surface area contributed by atoms with Crippen LogP contribution in [0.15, 0.2) is 18.3 Å². The fraction of sp³-hybridized carbons (Fsp3) is 0.200. The van der Waals surface area contributed by atoms with Gasteiger partial charge in [-0.15, -0.1) is 5.10 Å². The predicted molar refractivity (Wildman–Crippen MR) is 71.3 cm³/mol. The third-order valence-electron chi connectivity index (χ3n) is 2.02. The van der Waals surface area contributed by atoms with Crippen LogP contribution >= 0.6 is 23.1 Å². The highest BCUT2D eigenvalue weighted by Gasteiger charge is 2.14. The van der Waals surface area contributed by atoms with E-state index >= 15 is 0 Å². The van der Waals surface area contributed by atoms with E-state index in [-0.39, 0.29) is 11.6 Å². The van der Waals surface area contributed by atoms with Gasteiger partial charge in [-0.05, 0) is 19.1 Å². The molecule has 0 radical (unpaired) electrons. The molecule has 0 fully saturated rings.